The molecule has 0 saturated heterocycles. The Morgan fingerprint density at radius 3 is 2.55 bits per heavy atom. The van der Waals surface area contributed by atoms with E-state index in [1.165, 1.54) is 42.3 Å². The minimum atomic E-state index is 0.535. The summed E-state index contributed by atoms with van der Waals surface area (Å²) in [7, 11) is 1.19. The summed E-state index contributed by atoms with van der Waals surface area (Å²) < 4.78 is 5.64. The molecule has 0 bridgehead atoms. The van der Waals surface area contributed by atoms with Gasteiger partial charge in [-0.15, -0.1) is 0 Å². The van der Waals surface area contributed by atoms with Gasteiger partial charge in [0, 0.05) is 16.5 Å². The highest BCUT2D eigenvalue weighted by atomic mass is 28.1. The second-order valence-electron chi connectivity index (χ2n) is 3.56. The Morgan fingerprint density at radius 1 is 1.36 bits per heavy atom. The SMILES string of the molecule is CC(OC[SiH3])C1CCCCC1. The Balaban J connectivity index is 2.21. The number of ether oxygens (including phenoxy) is 1. The van der Waals surface area contributed by atoms with Crippen molar-refractivity contribution in [2.24, 2.45) is 5.92 Å². The van der Waals surface area contributed by atoms with Gasteiger partial charge in [0.2, 0.25) is 0 Å². The normalized spacial score (nSPS) is 23.7. The van der Waals surface area contributed by atoms with Crippen LogP contribution in [0.15, 0.2) is 0 Å². The second kappa shape index (κ2) is 4.94. The lowest BCUT2D eigenvalue weighted by atomic mass is 9.86. The molecular weight excluding hydrogens is 152 g/mol. The molecule has 11 heavy (non-hydrogen) atoms. The highest BCUT2D eigenvalue weighted by Gasteiger charge is 2.19. The molecule has 1 unspecified atom stereocenters. The average Bonchev–Trinajstić information content (AvgIpc) is 2.07. The van der Waals surface area contributed by atoms with Gasteiger partial charge >= 0.3 is 0 Å². The topological polar surface area (TPSA) is 9.23 Å². The van der Waals surface area contributed by atoms with E-state index in [1.807, 2.05) is 0 Å². The van der Waals surface area contributed by atoms with Crippen LogP contribution in [0.5, 0.6) is 0 Å². The third-order valence-electron chi connectivity index (χ3n) is 2.74. The van der Waals surface area contributed by atoms with Crippen molar-refractivity contribution < 1.29 is 4.74 Å². The molecule has 1 fully saturated rings. The first-order chi connectivity index (χ1) is 5.34. The van der Waals surface area contributed by atoms with E-state index >= 15 is 0 Å². The van der Waals surface area contributed by atoms with Gasteiger partial charge in [0.25, 0.3) is 0 Å². The molecule has 0 amide bonds. The molecule has 0 aromatic rings. The van der Waals surface area contributed by atoms with Crippen LogP contribution in [0.1, 0.15) is 39.0 Å². The van der Waals surface area contributed by atoms with Crippen molar-refractivity contribution in [3.8, 4) is 0 Å². The fraction of sp³-hybridized carbons (Fsp3) is 1.00. The van der Waals surface area contributed by atoms with Crippen molar-refractivity contribution in [1.82, 2.24) is 0 Å². The molecule has 0 radical (unpaired) electrons. The Bertz CT molecular complexity index is 99.7. The largest absolute Gasteiger partial charge is 0.383 e. The van der Waals surface area contributed by atoms with Crippen LogP contribution in [-0.4, -0.2) is 22.6 Å². The van der Waals surface area contributed by atoms with E-state index in [0.29, 0.717) is 6.10 Å². The Morgan fingerprint density at radius 2 is 2.00 bits per heavy atom. The first-order valence-electron chi connectivity index (χ1n) is 4.96. The molecule has 2 heteroatoms. The maximum atomic E-state index is 5.64. The molecule has 1 aliphatic rings. The second-order valence-corrected chi connectivity index (χ2v) is 4.14. The summed E-state index contributed by atoms with van der Waals surface area (Å²) in [6, 6.07) is 0. The summed E-state index contributed by atoms with van der Waals surface area (Å²) in [5.74, 6) is 0.873. The van der Waals surface area contributed by atoms with Crippen LogP contribution in [0.3, 0.4) is 0 Å². The van der Waals surface area contributed by atoms with Crippen molar-refractivity contribution >= 4 is 10.2 Å². The molecule has 1 saturated carbocycles. The van der Waals surface area contributed by atoms with Crippen LogP contribution >= 0.6 is 0 Å². The molecule has 66 valence electrons. The molecule has 0 aromatic heterocycles. The summed E-state index contributed by atoms with van der Waals surface area (Å²) in [4.78, 5) is 0. The van der Waals surface area contributed by atoms with Gasteiger partial charge in [-0.25, -0.2) is 0 Å². The number of hydrogen-bond acceptors (Lipinski definition) is 1. The lowest BCUT2D eigenvalue weighted by molar-refractivity contribution is 0.0387. The van der Waals surface area contributed by atoms with Crippen LogP contribution < -0.4 is 0 Å². The smallest absolute Gasteiger partial charge is 0.0570 e. The quantitative estimate of drug-likeness (QED) is 0.583. The summed E-state index contributed by atoms with van der Waals surface area (Å²) >= 11 is 0. The zero-order chi connectivity index (χ0) is 8.10. The third kappa shape index (κ3) is 2.95. The summed E-state index contributed by atoms with van der Waals surface area (Å²) in [6.45, 7) is 2.24. The minimum absolute atomic E-state index is 0.535. The van der Waals surface area contributed by atoms with Gasteiger partial charge in [0.05, 0.1) is 6.10 Å². The zero-order valence-corrected chi connectivity index (χ0v) is 9.81. The van der Waals surface area contributed by atoms with Gasteiger partial charge in [0.15, 0.2) is 0 Å². The molecule has 0 aromatic carbocycles. The van der Waals surface area contributed by atoms with Crippen molar-refractivity contribution in [3.63, 3.8) is 0 Å². The Labute approximate surface area is 72.9 Å². The lowest BCUT2D eigenvalue weighted by Gasteiger charge is -2.27. The van der Waals surface area contributed by atoms with E-state index in [0.717, 1.165) is 12.1 Å². The highest BCUT2D eigenvalue weighted by molar-refractivity contribution is 6.08. The first kappa shape index (κ1) is 9.27. The maximum Gasteiger partial charge on any atom is 0.0570 e. The third-order valence-corrected chi connectivity index (χ3v) is 3.08. The molecule has 0 heterocycles. The van der Waals surface area contributed by atoms with Crippen LogP contribution in [-0.2, 0) is 4.74 Å². The number of hydrogen-bond donors (Lipinski definition) is 0. The van der Waals surface area contributed by atoms with Crippen LogP contribution in [0, 0.1) is 5.92 Å². The van der Waals surface area contributed by atoms with Crippen molar-refractivity contribution in [1.29, 1.82) is 0 Å². The van der Waals surface area contributed by atoms with Gasteiger partial charge < -0.3 is 4.74 Å². The van der Waals surface area contributed by atoms with Crippen molar-refractivity contribution in [2.45, 2.75) is 45.1 Å². The predicted molar refractivity (Wildman–Crippen MR) is 51.9 cm³/mol. The molecule has 1 atom stereocenters. The molecule has 0 N–H and O–H groups in total. The predicted octanol–water partition coefficient (Wildman–Crippen LogP) is 1.29. The standard InChI is InChI=1S/C9H20OSi/c1-8(10-7-11)9-5-3-2-4-6-9/h8-9H,2-7H2,1,11H3. The molecule has 1 aliphatic carbocycles. The highest BCUT2D eigenvalue weighted by Crippen LogP contribution is 2.27. The van der Waals surface area contributed by atoms with Crippen molar-refractivity contribution in [2.75, 3.05) is 6.23 Å². The lowest BCUT2D eigenvalue weighted by Crippen LogP contribution is -2.23. The van der Waals surface area contributed by atoms with Gasteiger partial charge in [-0.05, 0) is 25.7 Å². The van der Waals surface area contributed by atoms with Crippen LogP contribution in [0.4, 0.5) is 0 Å². The summed E-state index contributed by atoms with van der Waals surface area (Å²) in [5, 5.41) is 0. The van der Waals surface area contributed by atoms with Gasteiger partial charge in [0.1, 0.15) is 0 Å². The average molecular weight is 172 g/mol. The van der Waals surface area contributed by atoms with E-state index in [2.05, 4.69) is 6.92 Å². The zero-order valence-electron chi connectivity index (χ0n) is 7.81. The molecular formula is C9H20OSi. The van der Waals surface area contributed by atoms with E-state index in [-0.39, 0.29) is 0 Å². The first-order valence-corrected chi connectivity index (χ1v) is 6.37. The maximum absolute atomic E-state index is 5.64. The summed E-state index contributed by atoms with van der Waals surface area (Å²) in [5.41, 5.74) is 0. The monoisotopic (exact) mass is 172 g/mol. The van der Waals surface area contributed by atoms with E-state index < -0.39 is 0 Å². The molecule has 1 rings (SSSR count). The van der Waals surface area contributed by atoms with Gasteiger partial charge in [-0.3, -0.25) is 0 Å². The van der Waals surface area contributed by atoms with E-state index in [9.17, 15) is 0 Å². The van der Waals surface area contributed by atoms with Gasteiger partial charge in [-0.1, -0.05) is 19.3 Å². The Kier molecular flexibility index (Phi) is 4.16. The molecule has 0 spiro atoms. The van der Waals surface area contributed by atoms with Gasteiger partial charge in [-0.2, -0.15) is 0 Å². The van der Waals surface area contributed by atoms with E-state index in [1.54, 1.807) is 0 Å². The van der Waals surface area contributed by atoms with E-state index in [4.69, 9.17) is 4.74 Å². The van der Waals surface area contributed by atoms with Crippen LogP contribution in [0.2, 0.25) is 0 Å². The Hall–Kier alpha value is 0.177. The molecule has 1 nitrogen and oxygen atoms in total. The number of rotatable bonds is 3. The fourth-order valence-electron chi connectivity index (χ4n) is 2.00. The fourth-order valence-corrected chi connectivity index (χ4v) is 2.53. The van der Waals surface area contributed by atoms with Crippen molar-refractivity contribution in [3.05, 3.63) is 0 Å². The summed E-state index contributed by atoms with van der Waals surface area (Å²) in [6.07, 6.45) is 8.67. The van der Waals surface area contributed by atoms with Crippen LogP contribution in [0.25, 0.3) is 0 Å². The molecule has 0 aliphatic heterocycles. The minimum Gasteiger partial charge on any atom is -0.383 e.